The fourth-order valence-electron chi connectivity index (χ4n) is 4.37. The molecule has 1 aromatic heterocycles. The predicted octanol–water partition coefficient (Wildman–Crippen LogP) is 2.43. The number of carbonyl (C=O) groups is 2. The summed E-state index contributed by atoms with van der Waals surface area (Å²) in [7, 11) is 0. The highest BCUT2D eigenvalue weighted by Crippen LogP contribution is 2.25. The van der Waals surface area contributed by atoms with Gasteiger partial charge in [-0.2, -0.15) is 5.10 Å². The molecule has 7 nitrogen and oxygen atoms in total. The molecule has 0 aliphatic carbocycles. The first-order valence-electron chi connectivity index (χ1n) is 9.99. The van der Waals surface area contributed by atoms with E-state index >= 15 is 0 Å². The average molecular weight is 381 g/mol. The number of piperidine rings is 1. The predicted molar refractivity (Wildman–Crippen MR) is 107 cm³/mol. The molecule has 0 radical (unpaired) electrons. The zero-order valence-electron chi connectivity index (χ0n) is 16.4. The summed E-state index contributed by atoms with van der Waals surface area (Å²) in [6.45, 7) is 7.36. The molecular formula is C21H27N5O2. The van der Waals surface area contributed by atoms with Gasteiger partial charge in [0.25, 0.3) is 11.8 Å². The van der Waals surface area contributed by atoms with Gasteiger partial charge in [0.1, 0.15) is 0 Å². The van der Waals surface area contributed by atoms with Gasteiger partial charge in [0.05, 0.1) is 11.3 Å². The maximum absolute atomic E-state index is 13.2. The van der Waals surface area contributed by atoms with Crippen molar-refractivity contribution in [3.8, 4) is 0 Å². The Morgan fingerprint density at radius 2 is 1.93 bits per heavy atom. The summed E-state index contributed by atoms with van der Waals surface area (Å²) < 4.78 is 0. The fraction of sp³-hybridized carbons (Fsp3) is 0.476. The van der Waals surface area contributed by atoms with E-state index in [9.17, 15) is 9.59 Å². The van der Waals surface area contributed by atoms with Crippen LogP contribution in [0.3, 0.4) is 0 Å². The smallest absolute Gasteiger partial charge is 0.276 e. The summed E-state index contributed by atoms with van der Waals surface area (Å²) in [5.74, 6) is 0.650. The summed E-state index contributed by atoms with van der Waals surface area (Å²) >= 11 is 0. The minimum atomic E-state index is -0.290. The molecule has 1 aromatic carbocycles. The standard InChI is InChI=1S/C21H27N5O2/c1-13-9-14(2)12-26(11-13)21(28)15-5-3-4-6-17(15)23-20(27)19-16-10-22-8-7-18(16)24-25-19/h3-6,13-14,22H,7-12H2,1-2H3,(H,23,27)(H,24,25). The van der Waals surface area contributed by atoms with Crippen LogP contribution in [0.25, 0.3) is 0 Å². The van der Waals surface area contributed by atoms with Gasteiger partial charge in [-0.3, -0.25) is 14.7 Å². The van der Waals surface area contributed by atoms with Gasteiger partial charge in [0.2, 0.25) is 0 Å². The molecule has 2 unspecified atom stereocenters. The van der Waals surface area contributed by atoms with Crippen molar-refractivity contribution in [2.75, 3.05) is 25.0 Å². The number of para-hydroxylation sites is 1. The van der Waals surface area contributed by atoms with Crippen LogP contribution >= 0.6 is 0 Å². The number of aromatic amines is 1. The molecule has 148 valence electrons. The summed E-state index contributed by atoms with van der Waals surface area (Å²) in [4.78, 5) is 27.9. The van der Waals surface area contributed by atoms with E-state index in [1.807, 2.05) is 17.0 Å². The highest BCUT2D eigenvalue weighted by atomic mass is 16.2. The zero-order valence-corrected chi connectivity index (χ0v) is 16.4. The number of anilines is 1. The van der Waals surface area contributed by atoms with Gasteiger partial charge < -0.3 is 15.5 Å². The molecule has 2 amide bonds. The van der Waals surface area contributed by atoms with Gasteiger partial charge in [0.15, 0.2) is 5.69 Å². The van der Waals surface area contributed by atoms with Crippen molar-refractivity contribution in [2.24, 2.45) is 11.8 Å². The zero-order chi connectivity index (χ0) is 19.7. The highest BCUT2D eigenvalue weighted by molar-refractivity contribution is 6.08. The summed E-state index contributed by atoms with van der Waals surface area (Å²) in [6.07, 6.45) is 1.97. The molecule has 28 heavy (non-hydrogen) atoms. The number of benzene rings is 1. The lowest BCUT2D eigenvalue weighted by molar-refractivity contribution is 0.0624. The number of nitrogens with zero attached hydrogens (tertiary/aromatic N) is 2. The Labute approximate surface area is 164 Å². The topological polar surface area (TPSA) is 90.1 Å². The van der Waals surface area contributed by atoms with Crippen molar-refractivity contribution in [3.63, 3.8) is 0 Å². The maximum atomic E-state index is 13.2. The first-order valence-corrected chi connectivity index (χ1v) is 9.99. The van der Waals surface area contributed by atoms with Crippen LogP contribution in [0.15, 0.2) is 24.3 Å². The van der Waals surface area contributed by atoms with Crippen LogP contribution in [0.4, 0.5) is 5.69 Å². The van der Waals surface area contributed by atoms with Crippen LogP contribution in [-0.2, 0) is 13.0 Å². The molecule has 2 aliphatic rings. The Hall–Kier alpha value is -2.67. The normalized spacial score (nSPS) is 21.9. The molecule has 0 bridgehead atoms. The van der Waals surface area contributed by atoms with E-state index < -0.39 is 0 Å². The third kappa shape index (κ3) is 3.67. The average Bonchev–Trinajstić information content (AvgIpc) is 3.11. The van der Waals surface area contributed by atoms with Crippen molar-refractivity contribution >= 4 is 17.5 Å². The molecule has 3 heterocycles. The third-order valence-corrected chi connectivity index (χ3v) is 5.58. The Bertz CT molecular complexity index is 881. The van der Waals surface area contributed by atoms with E-state index in [-0.39, 0.29) is 11.8 Å². The van der Waals surface area contributed by atoms with Gasteiger partial charge in [-0.15, -0.1) is 0 Å². The first kappa shape index (κ1) is 18.7. The Morgan fingerprint density at radius 1 is 1.18 bits per heavy atom. The monoisotopic (exact) mass is 381 g/mol. The van der Waals surface area contributed by atoms with Crippen molar-refractivity contribution in [1.82, 2.24) is 20.4 Å². The number of likely N-dealkylation sites (tertiary alicyclic amines) is 1. The van der Waals surface area contributed by atoms with Crippen LogP contribution in [0.1, 0.15) is 52.4 Å². The fourth-order valence-corrected chi connectivity index (χ4v) is 4.37. The minimum Gasteiger partial charge on any atom is -0.338 e. The van der Waals surface area contributed by atoms with Gasteiger partial charge in [0, 0.05) is 43.9 Å². The lowest BCUT2D eigenvalue weighted by atomic mass is 9.91. The van der Waals surface area contributed by atoms with Crippen LogP contribution < -0.4 is 10.6 Å². The quantitative estimate of drug-likeness (QED) is 0.762. The summed E-state index contributed by atoms with van der Waals surface area (Å²) in [5.41, 5.74) is 3.36. The van der Waals surface area contributed by atoms with Crippen molar-refractivity contribution in [1.29, 1.82) is 0 Å². The third-order valence-electron chi connectivity index (χ3n) is 5.58. The number of aromatic nitrogens is 2. The molecule has 3 N–H and O–H groups in total. The molecule has 4 rings (SSSR count). The number of fused-ring (bicyclic) bond motifs is 1. The van der Waals surface area contributed by atoms with E-state index in [4.69, 9.17) is 0 Å². The number of hydrogen-bond acceptors (Lipinski definition) is 4. The van der Waals surface area contributed by atoms with Gasteiger partial charge in [-0.25, -0.2) is 0 Å². The van der Waals surface area contributed by atoms with Crippen LogP contribution in [0.2, 0.25) is 0 Å². The van der Waals surface area contributed by atoms with Gasteiger partial charge >= 0.3 is 0 Å². The first-order chi connectivity index (χ1) is 13.5. The number of amides is 2. The molecule has 2 aromatic rings. The lowest BCUT2D eigenvalue weighted by Crippen LogP contribution is -2.42. The molecule has 2 aliphatic heterocycles. The molecule has 1 saturated heterocycles. The van der Waals surface area contributed by atoms with Crippen molar-refractivity contribution < 1.29 is 9.59 Å². The van der Waals surface area contributed by atoms with Crippen molar-refractivity contribution in [2.45, 2.75) is 33.2 Å². The van der Waals surface area contributed by atoms with E-state index in [2.05, 4.69) is 34.7 Å². The molecule has 0 saturated carbocycles. The van der Waals surface area contributed by atoms with E-state index in [0.717, 1.165) is 43.7 Å². The summed E-state index contributed by atoms with van der Waals surface area (Å²) in [5, 5.41) is 13.3. The van der Waals surface area contributed by atoms with E-state index in [0.29, 0.717) is 35.3 Å². The van der Waals surface area contributed by atoms with Crippen molar-refractivity contribution in [3.05, 3.63) is 46.8 Å². The number of rotatable bonds is 3. The van der Waals surface area contributed by atoms with E-state index in [1.165, 1.54) is 0 Å². The SMILES string of the molecule is CC1CC(C)CN(C(=O)c2ccccc2NC(=O)c2n[nH]c3c2CNCC3)C1. The maximum Gasteiger partial charge on any atom is 0.276 e. The Kier molecular flexibility index (Phi) is 5.17. The van der Waals surface area contributed by atoms with Crippen LogP contribution in [0, 0.1) is 11.8 Å². The number of hydrogen-bond donors (Lipinski definition) is 3. The van der Waals surface area contributed by atoms with Gasteiger partial charge in [-0.05, 0) is 30.4 Å². The number of carbonyl (C=O) groups excluding carboxylic acids is 2. The largest absolute Gasteiger partial charge is 0.338 e. The second-order valence-electron chi connectivity index (χ2n) is 8.11. The second-order valence-corrected chi connectivity index (χ2v) is 8.11. The second kappa shape index (κ2) is 7.75. The molecule has 2 atom stereocenters. The Morgan fingerprint density at radius 3 is 2.71 bits per heavy atom. The van der Waals surface area contributed by atoms with Crippen LogP contribution in [0.5, 0.6) is 0 Å². The molecule has 1 fully saturated rings. The van der Waals surface area contributed by atoms with E-state index in [1.54, 1.807) is 12.1 Å². The number of H-pyrrole nitrogens is 1. The lowest BCUT2D eigenvalue weighted by Gasteiger charge is -2.35. The molecule has 0 spiro atoms. The van der Waals surface area contributed by atoms with Crippen LogP contribution in [-0.4, -0.2) is 46.5 Å². The number of nitrogens with one attached hydrogen (secondary N) is 3. The van der Waals surface area contributed by atoms with Gasteiger partial charge in [-0.1, -0.05) is 26.0 Å². The highest BCUT2D eigenvalue weighted by Gasteiger charge is 2.28. The summed E-state index contributed by atoms with van der Waals surface area (Å²) in [6, 6.07) is 7.22. The molecular weight excluding hydrogens is 354 g/mol. The minimum absolute atomic E-state index is 0.0278. The Balaban J connectivity index is 1.55. The molecule has 7 heteroatoms.